The van der Waals surface area contributed by atoms with Crippen molar-refractivity contribution in [2.24, 2.45) is 0 Å². The topological polar surface area (TPSA) is 79.5 Å². The summed E-state index contributed by atoms with van der Waals surface area (Å²) in [6, 6.07) is 11.7. The van der Waals surface area contributed by atoms with E-state index >= 15 is 0 Å². The summed E-state index contributed by atoms with van der Waals surface area (Å²) in [7, 11) is 0. The van der Waals surface area contributed by atoms with Crippen LogP contribution >= 0.6 is 11.6 Å². The molecule has 0 unspecified atom stereocenters. The van der Waals surface area contributed by atoms with Gasteiger partial charge >= 0.3 is 5.97 Å². The fourth-order valence-corrected chi connectivity index (χ4v) is 2.69. The molecule has 0 heterocycles. The number of carboxylic acids is 1. The molecule has 0 bridgehead atoms. The van der Waals surface area contributed by atoms with E-state index in [2.05, 4.69) is 6.07 Å². The molecule has 2 aromatic rings. The summed E-state index contributed by atoms with van der Waals surface area (Å²) >= 11 is 6.36. The van der Waals surface area contributed by atoms with Crippen molar-refractivity contribution in [3.63, 3.8) is 0 Å². The minimum Gasteiger partial charge on any atom is -0.490 e. The van der Waals surface area contributed by atoms with Gasteiger partial charge in [0.05, 0.1) is 34.9 Å². The lowest BCUT2D eigenvalue weighted by atomic mass is 10.0. The molecule has 5 nitrogen and oxygen atoms in total. The van der Waals surface area contributed by atoms with Crippen molar-refractivity contribution in [2.75, 3.05) is 6.61 Å². The van der Waals surface area contributed by atoms with Gasteiger partial charge in [0.25, 0.3) is 0 Å². The first kappa shape index (κ1) is 20.3. The van der Waals surface area contributed by atoms with Gasteiger partial charge in [-0.15, -0.1) is 0 Å². The van der Waals surface area contributed by atoms with Crippen molar-refractivity contribution in [1.29, 1.82) is 5.26 Å². The number of carboxylic acid groups (broad SMARTS) is 1. The molecule has 6 heteroatoms. The minimum absolute atomic E-state index is 0.0643. The lowest BCUT2D eigenvalue weighted by Gasteiger charge is -2.16. The molecule has 27 heavy (non-hydrogen) atoms. The Bertz CT molecular complexity index is 896. The highest BCUT2D eigenvalue weighted by Gasteiger charge is 2.14. The van der Waals surface area contributed by atoms with Crippen LogP contribution in [0.3, 0.4) is 0 Å². The molecule has 0 aliphatic carbocycles. The maximum Gasteiger partial charge on any atom is 0.335 e. The third-order valence-corrected chi connectivity index (χ3v) is 3.84. The van der Waals surface area contributed by atoms with Crippen LogP contribution in [0.15, 0.2) is 36.4 Å². The zero-order valence-corrected chi connectivity index (χ0v) is 16.1. The summed E-state index contributed by atoms with van der Waals surface area (Å²) < 4.78 is 11.4. The van der Waals surface area contributed by atoms with Gasteiger partial charge in [0.1, 0.15) is 0 Å². The van der Waals surface area contributed by atoms with Gasteiger partial charge in [-0.05, 0) is 62.2 Å². The van der Waals surface area contributed by atoms with E-state index in [1.807, 2.05) is 20.8 Å². The van der Waals surface area contributed by atoms with E-state index in [0.29, 0.717) is 39.8 Å². The van der Waals surface area contributed by atoms with E-state index in [-0.39, 0.29) is 11.7 Å². The molecule has 0 saturated heterocycles. The highest BCUT2D eigenvalue weighted by Crippen LogP contribution is 2.38. The maximum absolute atomic E-state index is 11.0. The van der Waals surface area contributed by atoms with Crippen molar-refractivity contribution in [3.05, 3.63) is 58.1 Å². The molecule has 2 aromatic carbocycles. The number of aromatic carboxylic acids is 1. The van der Waals surface area contributed by atoms with Crippen LogP contribution in [-0.2, 0) is 0 Å². The molecule has 0 fully saturated rings. The van der Waals surface area contributed by atoms with Crippen LogP contribution in [0.25, 0.3) is 11.6 Å². The van der Waals surface area contributed by atoms with E-state index in [4.69, 9.17) is 26.2 Å². The van der Waals surface area contributed by atoms with Gasteiger partial charge < -0.3 is 14.6 Å². The minimum atomic E-state index is -1.02. The molecule has 0 aliphatic heterocycles. The summed E-state index contributed by atoms with van der Waals surface area (Å²) in [5, 5.41) is 18.9. The van der Waals surface area contributed by atoms with Crippen LogP contribution in [0.1, 0.15) is 42.3 Å². The summed E-state index contributed by atoms with van der Waals surface area (Å²) in [6.45, 7) is 6.10. The summed E-state index contributed by atoms with van der Waals surface area (Å²) in [4.78, 5) is 11.0. The predicted molar refractivity (Wildman–Crippen MR) is 105 cm³/mol. The fraction of sp³-hybridized carbons (Fsp3) is 0.238. The monoisotopic (exact) mass is 385 g/mol. The SMILES string of the molecule is CCOc1cc(/C=C(/C#N)c2ccc(C(=O)O)cc2)cc(Cl)c1OC(C)C. The Morgan fingerprint density at radius 2 is 1.89 bits per heavy atom. The molecule has 0 amide bonds. The number of benzene rings is 2. The molecule has 0 saturated carbocycles. The van der Waals surface area contributed by atoms with Gasteiger partial charge in [0.2, 0.25) is 0 Å². The Balaban J connectivity index is 2.45. The second-order valence-electron chi connectivity index (χ2n) is 5.98. The Hall–Kier alpha value is -2.97. The van der Waals surface area contributed by atoms with Gasteiger partial charge in [-0.2, -0.15) is 5.26 Å². The second-order valence-corrected chi connectivity index (χ2v) is 6.39. The number of hydrogen-bond acceptors (Lipinski definition) is 4. The van der Waals surface area contributed by atoms with Crippen LogP contribution in [0.2, 0.25) is 5.02 Å². The van der Waals surface area contributed by atoms with Crippen molar-refractivity contribution in [3.8, 4) is 17.6 Å². The van der Waals surface area contributed by atoms with E-state index < -0.39 is 5.97 Å². The molecule has 0 radical (unpaired) electrons. The van der Waals surface area contributed by atoms with Crippen molar-refractivity contribution >= 4 is 29.2 Å². The van der Waals surface area contributed by atoms with Crippen molar-refractivity contribution in [1.82, 2.24) is 0 Å². The third kappa shape index (κ3) is 5.25. The number of rotatable bonds is 7. The Kier molecular flexibility index (Phi) is 6.86. The number of nitriles is 1. The molecular formula is C21H20ClNO4. The molecule has 0 spiro atoms. The molecule has 0 atom stereocenters. The average molecular weight is 386 g/mol. The Labute approximate surface area is 163 Å². The first-order valence-corrected chi connectivity index (χ1v) is 8.82. The Morgan fingerprint density at radius 3 is 2.41 bits per heavy atom. The quantitative estimate of drug-likeness (QED) is 0.517. The zero-order valence-electron chi connectivity index (χ0n) is 15.3. The van der Waals surface area contributed by atoms with Gasteiger partial charge in [-0.3, -0.25) is 0 Å². The van der Waals surface area contributed by atoms with Crippen LogP contribution in [-0.4, -0.2) is 23.8 Å². The summed E-state index contributed by atoms with van der Waals surface area (Å²) in [6.07, 6.45) is 1.61. The predicted octanol–water partition coefficient (Wildman–Crippen LogP) is 5.29. The van der Waals surface area contributed by atoms with Gasteiger partial charge in [-0.25, -0.2) is 4.79 Å². The first-order valence-electron chi connectivity index (χ1n) is 8.44. The lowest BCUT2D eigenvalue weighted by molar-refractivity contribution is 0.0697. The largest absolute Gasteiger partial charge is 0.490 e. The molecule has 0 aromatic heterocycles. The normalized spacial score (nSPS) is 11.2. The Morgan fingerprint density at radius 1 is 1.26 bits per heavy atom. The highest BCUT2D eigenvalue weighted by atomic mass is 35.5. The zero-order chi connectivity index (χ0) is 20.0. The van der Waals surface area contributed by atoms with Crippen LogP contribution in [0.5, 0.6) is 11.5 Å². The van der Waals surface area contributed by atoms with Crippen molar-refractivity contribution in [2.45, 2.75) is 26.9 Å². The van der Waals surface area contributed by atoms with Crippen LogP contribution < -0.4 is 9.47 Å². The molecule has 0 aliphatic rings. The molecular weight excluding hydrogens is 366 g/mol. The van der Waals surface area contributed by atoms with E-state index in [1.165, 1.54) is 12.1 Å². The number of hydrogen-bond donors (Lipinski definition) is 1. The second kappa shape index (κ2) is 9.11. The first-order chi connectivity index (χ1) is 12.8. The lowest BCUT2D eigenvalue weighted by Crippen LogP contribution is -2.08. The molecule has 1 N–H and O–H groups in total. The summed E-state index contributed by atoms with van der Waals surface area (Å²) in [5.74, 6) is -0.0450. The van der Waals surface area contributed by atoms with Crippen molar-refractivity contribution < 1.29 is 19.4 Å². The molecule has 2 rings (SSSR count). The van der Waals surface area contributed by atoms with E-state index in [9.17, 15) is 10.1 Å². The number of halogens is 1. The van der Waals surface area contributed by atoms with Gasteiger partial charge in [0, 0.05) is 0 Å². The van der Waals surface area contributed by atoms with Crippen LogP contribution in [0, 0.1) is 11.3 Å². The van der Waals surface area contributed by atoms with Gasteiger partial charge in [0.15, 0.2) is 11.5 Å². The average Bonchev–Trinajstić information content (AvgIpc) is 2.62. The van der Waals surface area contributed by atoms with E-state index in [1.54, 1.807) is 30.3 Å². The number of ether oxygens (including phenoxy) is 2. The maximum atomic E-state index is 11.0. The number of carbonyl (C=O) groups is 1. The standard InChI is InChI=1S/C21H20ClNO4/c1-4-26-19-11-14(10-18(22)20(19)27-13(2)3)9-17(12-23)15-5-7-16(8-6-15)21(24)25/h5-11,13H,4H2,1-3H3,(H,24,25)/b17-9-. The fourth-order valence-electron chi connectivity index (χ4n) is 2.42. The van der Waals surface area contributed by atoms with Gasteiger partial charge in [-0.1, -0.05) is 23.7 Å². The number of nitrogens with zero attached hydrogens (tertiary/aromatic N) is 1. The van der Waals surface area contributed by atoms with E-state index in [0.717, 1.165) is 0 Å². The smallest absolute Gasteiger partial charge is 0.335 e. The number of allylic oxidation sites excluding steroid dienone is 1. The third-order valence-electron chi connectivity index (χ3n) is 3.56. The van der Waals surface area contributed by atoms with Crippen LogP contribution in [0.4, 0.5) is 0 Å². The molecule has 140 valence electrons. The summed E-state index contributed by atoms with van der Waals surface area (Å²) in [5.41, 5.74) is 1.83. The highest BCUT2D eigenvalue weighted by molar-refractivity contribution is 6.32.